The predicted octanol–water partition coefficient (Wildman–Crippen LogP) is 3.02. The van der Waals surface area contributed by atoms with Gasteiger partial charge < -0.3 is 26.2 Å². The number of carbonyl (C=O) groups is 2. The second-order valence-electron chi connectivity index (χ2n) is 6.20. The van der Waals surface area contributed by atoms with E-state index in [1.165, 1.54) is 24.5 Å². The van der Waals surface area contributed by atoms with Crippen molar-refractivity contribution >= 4 is 45.1 Å². The van der Waals surface area contributed by atoms with Gasteiger partial charge in [0.1, 0.15) is 34.6 Å². The average Bonchev–Trinajstić information content (AvgIpc) is 3.00. The van der Waals surface area contributed by atoms with Crippen molar-refractivity contribution in [2.75, 3.05) is 11.9 Å². The maximum atomic E-state index is 13.8. The molecule has 5 N–H and O–H groups in total. The lowest BCUT2D eigenvalue weighted by molar-refractivity contribution is 0.100. The Morgan fingerprint density at radius 3 is 2.83 bits per heavy atom. The maximum absolute atomic E-state index is 13.8. The number of anilines is 2. The smallest absolute Gasteiger partial charge is 0.404 e. The van der Waals surface area contributed by atoms with Gasteiger partial charge in [-0.25, -0.2) is 19.2 Å². The van der Waals surface area contributed by atoms with E-state index in [1.54, 1.807) is 13.8 Å². The van der Waals surface area contributed by atoms with Gasteiger partial charge in [-0.05, 0) is 31.5 Å². The van der Waals surface area contributed by atoms with E-state index in [2.05, 4.69) is 20.6 Å². The number of thiophene rings is 1. The number of nitrogens with one attached hydrogen (secondary N) is 2. The third-order valence-electron chi connectivity index (χ3n) is 4.02. The first-order valence-corrected chi connectivity index (χ1v) is 9.31. The molecule has 2 aromatic heterocycles. The Bertz CT molecular complexity index is 1090. The Hall–Kier alpha value is -3.47. The molecular formula is C18H18FN5O4S. The van der Waals surface area contributed by atoms with Gasteiger partial charge in [0.05, 0.1) is 22.5 Å². The minimum Gasteiger partial charge on any atom is -0.487 e. The van der Waals surface area contributed by atoms with Crippen molar-refractivity contribution < 1.29 is 23.8 Å². The van der Waals surface area contributed by atoms with Crippen LogP contribution in [-0.2, 0) is 0 Å². The fourth-order valence-corrected chi connectivity index (χ4v) is 3.72. The molecule has 0 bridgehead atoms. The third kappa shape index (κ3) is 4.51. The van der Waals surface area contributed by atoms with Gasteiger partial charge in [-0.3, -0.25) is 4.79 Å². The highest BCUT2D eigenvalue weighted by Gasteiger charge is 2.19. The van der Waals surface area contributed by atoms with Crippen LogP contribution in [-0.4, -0.2) is 39.7 Å². The van der Waals surface area contributed by atoms with E-state index in [9.17, 15) is 14.0 Å². The van der Waals surface area contributed by atoms with Crippen molar-refractivity contribution in [1.29, 1.82) is 0 Å². The van der Waals surface area contributed by atoms with Crippen LogP contribution < -0.4 is 21.1 Å². The number of aromatic nitrogens is 2. The van der Waals surface area contributed by atoms with Crippen LogP contribution in [0.25, 0.3) is 10.2 Å². The number of aryl methyl sites for hydroxylation is 1. The molecule has 0 aliphatic rings. The molecule has 11 heteroatoms. The van der Waals surface area contributed by atoms with Crippen molar-refractivity contribution in [2.24, 2.45) is 5.73 Å². The molecule has 1 atom stereocenters. The van der Waals surface area contributed by atoms with Crippen LogP contribution in [0.3, 0.4) is 0 Å². The molecule has 0 saturated carbocycles. The Labute approximate surface area is 168 Å². The topological polar surface area (TPSA) is 139 Å². The SMILES string of the molecule is Cc1c(C(N)=O)sc2ncnc(Nc3ccc(F)cc3OC(C)CNC(=O)O)c12. The van der Waals surface area contributed by atoms with E-state index >= 15 is 0 Å². The third-order valence-corrected chi connectivity index (χ3v) is 5.23. The van der Waals surface area contributed by atoms with Crippen molar-refractivity contribution in [3.63, 3.8) is 0 Å². The highest BCUT2D eigenvalue weighted by molar-refractivity contribution is 7.20. The zero-order chi connectivity index (χ0) is 21.1. The Morgan fingerprint density at radius 1 is 1.38 bits per heavy atom. The molecule has 0 spiro atoms. The summed E-state index contributed by atoms with van der Waals surface area (Å²) in [6.07, 6.45) is -0.391. The Balaban J connectivity index is 1.94. The van der Waals surface area contributed by atoms with Crippen molar-refractivity contribution in [2.45, 2.75) is 20.0 Å². The zero-order valence-corrected chi connectivity index (χ0v) is 16.3. The highest BCUT2D eigenvalue weighted by Crippen LogP contribution is 2.36. The molecule has 9 nitrogen and oxygen atoms in total. The molecule has 0 aliphatic carbocycles. The minimum atomic E-state index is -1.18. The summed E-state index contributed by atoms with van der Waals surface area (Å²) in [5, 5.41) is 14.6. The van der Waals surface area contributed by atoms with Crippen LogP contribution in [0.1, 0.15) is 22.2 Å². The lowest BCUT2D eigenvalue weighted by atomic mass is 10.2. The van der Waals surface area contributed by atoms with E-state index in [1.807, 2.05) is 0 Å². The Morgan fingerprint density at radius 2 is 2.14 bits per heavy atom. The number of amides is 2. The molecule has 0 fully saturated rings. The fraction of sp³-hybridized carbons (Fsp3) is 0.222. The summed E-state index contributed by atoms with van der Waals surface area (Å²) in [6, 6.07) is 3.92. The number of carbonyl (C=O) groups excluding carboxylic acids is 1. The van der Waals surface area contributed by atoms with Crippen LogP contribution in [0.4, 0.5) is 20.7 Å². The summed E-state index contributed by atoms with van der Waals surface area (Å²) in [4.78, 5) is 31.6. The second-order valence-corrected chi connectivity index (χ2v) is 7.20. The van der Waals surface area contributed by atoms with Gasteiger partial charge in [0.15, 0.2) is 0 Å². The number of fused-ring (bicyclic) bond motifs is 1. The van der Waals surface area contributed by atoms with E-state index in [-0.39, 0.29) is 12.3 Å². The molecule has 2 amide bonds. The normalized spacial score (nSPS) is 11.8. The summed E-state index contributed by atoms with van der Waals surface area (Å²) in [7, 11) is 0. The average molecular weight is 419 g/mol. The van der Waals surface area contributed by atoms with Gasteiger partial charge >= 0.3 is 6.09 Å². The van der Waals surface area contributed by atoms with Crippen LogP contribution in [0.15, 0.2) is 24.5 Å². The largest absolute Gasteiger partial charge is 0.487 e. The van der Waals surface area contributed by atoms with Gasteiger partial charge in [0.2, 0.25) is 0 Å². The molecule has 0 aliphatic heterocycles. The van der Waals surface area contributed by atoms with Gasteiger partial charge in [0.25, 0.3) is 5.91 Å². The standard InChI is InChI=1S/C18H18FN5O4S/c1-8(6-21-18(26)27)28-12-5-10(19)3-4-11(12)24-16-13-9(2)14(15(20)25)29-17(13)23-7-22-16/h3-5,7-8,21H,6H2,1-2H3,(H2,20,25)(H,26,27)(H,22,23,24). The van der Waals surface area contributed by atoms with Crippen molar-refractivity contribution in [1.82, 2.24) is 15.3 Å². The first kappa shape index (κ1) is 20.3. The minimum absolute atomic E-state index is 0.0225. The number of primary amides is 1. The number of nitrogens with zero attached hydrogens (tertiary/aromatic N) is 2. The first-order valence-electron chi connectivity index (χ1n) is 8.50. The first-order chi connectivity index (χ1) is 13.8. The number of benzene rings is 1. The monoisotopic (exact) mass is 419 g/mol. The number of nitrogens with two attached hydrogens (primary N) is 1. The van der Waals surface area contributed by atoms with Crippen LogP contribution in [0.2, 0.25) is 0 Å². The summed E-state index contributed by atoms with van der Waals surface area (Å²) in [6.45, 7) is 3.42. The molecule has 2 heterocycles. The van der Waals surface area contributed by atoms with Gasteiger partial charge in [-0.15, -0.1) is 11.3 Å². The number of hydrogen-bond donors (Lipinski definition) is 4. The molecule has 1 aromatic carbocycles. The summed E-state index contributed by atoms with van der Waals surface area (Å²) in [5.74, 6) is -0.481. The van der Waals surface area contributed by atoms with E-state index in [4.69, 9.17) is 15.6 Å². The number of halogens is 1. The highest BCUT2D eigenvalue weighted by atomic mass is 32.1. The number of hydrogen-bond acceptors (Lipinski definition) is 7. The van der Waals surface area contributed by atoms with Crippen LogP contribution in [0.5, 0.6) is 5.75 Å². The quantitative estimate of drug-likeness (QED) is 0.461. The number of rotatable bonds is 7. The molecule has 1 unspecified atom stereocenters. The van der Waals surface area contributed by atoms with E-state index < -0.39 is 23.9 Å². The van der Waals surface area contributed by atoms with Gasteiger partial charge in [0, 0.05) is 6.07 Å². The van der Waals surface area contributed by atoms with Crippen LogP contribution >= 0.6 is 11.3 Å². The predicted molar refractivity (Wildman–Crippen MR) is 106 cm³/mol. The lowest BCUT2D eigenvalue weighted by Crippen LogP contribution is -2.32. The van der Waals surface area contributed by atoms with Crippen molar-refractivity contribution in [3.05, 3.63) is 40.8 Å². The molecular weight excluding hydrogens is 401 g/mol. The summed E-state index contributed by atoms with van der Waals surface area (Å²) in [5.41, 5.74) is 6.48. The Kier molecular flexibility index (Phi) is 5.78. The molecule has 0 radical (unpaired) electrons. The van der Waals surface area contributed by atoms with Crippen molar-refractivity contribution in [3.8, 4) is 5.75 Å². The lowest BCUT2D eigenvalue weighted by Gasteiger charge is -2.18. The van der Waals surface area contributed by atoms with Crippen LogP contribution in [0, 0.1) is 12.7 Å². The molecule has 3 rings (SSSR count). The molecule has 0 saturated heterocycles. The maximum Gasteiger partial charge on any atom is 0.404 e. The fourth-order valence-electron chi connectivity index (χ4n) is 2.72. The zero-order valence-electron chi connectivity index (χ0n) is 15.5. The molecule has 3 aromatic rings. The second kappa shape index (κ2) is 8.27. The summed E-state index contributed by atoms with van der Waals surface area (Å²) >= 11 is 1.16. The molecule has 152 valence electrons. The summed E-state index contributed by atoms with van der Waals surface area (Å²) < 4.78 is 19.5. The van der Waals surface area contributed by atoms with Gasteiger partial charge in [-0.2, -0.15) is 0 Å². The number of carboxylic acid groups (broad SMARTS) is 1. The van der Waals surface area contributed by atoms with E-state index in [0.717, 1.165) is 11.3 Å². The van der Waals surface area contributed by atoms with Gasteiger partial charge in [-0.1, -0.05) is 0 Å². The molecule has 29 heavy (non-hydrogen) atoms. The number of ether oxygens (including phenoxy) is 1. The van der Waals surface area contributed by atoms with E-state index in [0.29, 0.717) is 32.2 Å².